The Labute approximate surface area is 197 Å². The molecule has 0 unspecified atom stereocenters. The Morgan fingerprint density at radius 1 is 1.18 bits per heavy atom. The highest BCUT2D eigenvalue weighted by Crippen LogP contribution is 2.35. The second kappa shape index (κ2) is 10.2. The fourth-order valence-electron chi connectivity index (χ4n) is 2.92. The van der Waals surface area contributed by atoms with Gasteiger partial charge in [-0.3, -0.25) is 14.4 Å². The predicted octanol–water partition coefficient (Wildman–Crippen LogP) is 2.76. The SMILES string of the molecule is COc1cc(/C=C2/NC(=O)N(CC(=O)O)C2=O)c(Br)cc1OCC(=O)Nc1ccc(C)cc1. The fourth-order valence-corrected chi connectivity index (χ4v) is 3.35. The van der Waals surface area contributed by atoms with Gasteiger partial charge in [0.25, 0.3) is 11.8 Å². The lowest BCUT2D eigenvalue weighted by molar-refractivity contribution is -0.140. The number of ether oxygens (including phenoxy) is 2. The molecule has 0 radical (unpaired) electrons. The van der Waals surface area contributed by atoms with Crippen LogP contribution in [0.1, 0.15) is 11.1 Å². The minimum Gasteiger partial charge on any atom is -0.493 e. The molecule has 1 aliphatic rings. The van der Waals surface area contributed by atoms with Gasteiger partial charge in [-0.25, -0.2) is 9.69 Å². The highest BCUT2D eigenvalue weighted by molar-refractivity contribution is 9.10. The van der Waals surface area contributed by atoms with Crippen LogP contribution in [0.4, 0.5) is 10.5 Å². The third-order valence-electron chi connectivity index (χ3n) is 4.53. The summed E-state index contributed by atoms with van der Waals surface area (Å²) < 4.78 is 11.4. The monoisotopic (exact) mass is 517 g/mol. The number of aryl methyl sites for hydroxylation is 1. The number of carboxylic acids is 1. The van der Waals surface area contributed by atoms with Crippen molar-refractivity contribution >= 4 is 51.5 Å². The van der Waals surface area contributed by atoms with E-state index in [1.807, 2.05) is 19.1 Å². The maximum absolute atomic E-state index is 12.3. The molecule has 172 valence electrons. The molecule has 3 rings (SSSR count). The van der Waals surface area contributed by atoms with Gasteiger partial charge in [-0.1, -0.05) is 33.6 Å². The number of methoxy groups -OCH3 is 1. The first-order valence-electron chi connectivity index (χ1n) is 9.61. The molecule has 4 amide bonds. The number of halogens is 1. The summed E-state index contributed by atoms with van der Waals surface area (Å²) in [4.78, 5) is 47.8. The van der Waals surface area contributed by atoms with Crippen LogP contribution in [0, 0.1) is 6.92 Å². The number of anilines is 1. The summed E-state index contributed by atoms with van der Waals surface area (Å²) in [5.74, 6) is -1.87. The predicted molar refractivity (Wildman–Crippen MR) is 122 cm³/mol. The van der Waals surface area contributed by atoms with E-state index in [1.54, 1.807) is 24.3 Å². The number of carbonyl (C=O) groups is 4. The normalized spacial score (nSPS) is 14.3. The van der Waals surface area contributed by atoms with Gasteiger partial charge in [0.15, 0.2) is 18.1 Å². The third-order valence-corrected chi connectivity index (χ3v) is 5.22. The van der Waals surface area contributed by atoms with Gasteiger partial charge in [0.05, 0.1) is 7.11 Å². The molecule has 1 aliphatic heterocycles. The zero-order valence-electron chi connectivity index (χ0n) is 17.7. The molecular formula is C22H20BrN3O7. The van der Waals surface area contributed by atoms with Gasteiger partial charge >= 0.3 is 12.0 Å². The Morgan fingerprint density at radius 2 is 1.88 bits per heavy atom. The molecule has 0 aromatic heterocycles. The van der Waals surface area contributed by atoms with Crippen LogP contribution < -0.4 is 20.1 Å². The number of carboxylic acid groups (broad SMARTS) is 1. The van der Waals surface area contributed by atoms with Crippen LogP contribution in [0.2, 0.25) is 0 Å². The minimum absolute atomic E-state index is 0.0878. The van der Waals surface area contributed by atoms with Crippen LogP contribution in [0.3, 0.4) is 0 Å². The Kier molecular flexibility index (Phi) is 7.34. The van der Waals surface area contributed by atoms with E-state index in [0.717, 1.165) is 5.56 Å². The van der Waals surface area contributed by atoms with Gasteiger partial charge < -0.3 is 25.2 Å². The average Bonchev–Trinajstić information content (AvgIpc) is 3.02. The number of hydrogen-bond donors (Lipinski definition) is 3. The number of benzene rings is 2. The molecule has 0 bridgehead atoms. The second-order valence-corrected chi connectivity index (χ2v) is 7.85. The van der Waals surface area contributed by atoms with E-state index < -0.39 is 24.5 Å². The Morgan fingerprint density at radius 3 is 2.52 bits per heavy atom. The van der Waals surface area contributed by atoms with E-state index in [2.05, 4.69) is 26.6 Å². The number of rotatable bonds is 8. The zero-order valence-corrected chi connectivity index (χ0v) is 19.3. The molecule has 11 heteroatoms. The largest absolute Gasteiger partial charge is 0.493 e. The second-order valence-electron chi connectivity index (χ2n) is 7.00. The van der Waals surface area contributed by atoms with Crippen molar-refractivity contribution in [2.24, 2.45) is 0 Å². The van der Waals surface area contributed by atoms with Crippen molar-refractivity contribution < 1.29 is 33.8 Å². The van der Waals surface area contributed by atoms with Crippen LogP contribution in [-0.2, 0) is 14.4 Å². The van der Waals surface area contributed by atoms with Crippen molar-refractivity contribution in [3.05, 3.63) is 57.7 Å². The molecule has 1 heterocycles. The first kappa shape index (κ1) is 23.8. The highest BCUT2D eigenvalue weighted by Gasteiger charge is 2.35. The van der Waals surface area contributed by atoms with Crippen LogP contribution in [0.25, 0.3) is 6.08 Å². The standard InChI is InChI=1S/C22H20BrN3O7/c1-12-3-5-14(6-4-12)24-19(27)11-33-18-9-15(23)13(8-17(18)32-2)7-16-21(30)26(10-20(28)29)22(31)25-16/h3-9H,10-11H2,1-2H3,(H,24,27)(H,25,31)(H,28,29)/b16-7+. The van der Waals surface area contributed by atoms with Crippen molar-refractivity contribution in [3.8, 4) is 11.5 Å². The fraction of sp³-hybridized carbons (Fsp3) is 0.182. The molecule has 0 saturated carbocycles. The Bertz CT molecular complexity index is 1150. The quantitative estimate of drug-likeness (QED) is 0.362. The van der Waals surface area contributed by atoms with Crippen LogP contribution in [-0.4, -0.2) is 54.1 Å². The lowest BCUT2D eigenvalue weighted by Crippen LogP contribution is -2.35. The van der Waals surface area contributed by atoms with E-state index in [-0.39, 0.29) is 29.7 Å². The molecule has 2 aromatic rings. The maximum atomic E-state index is 12.3. The molecule has 0 atom stereocenters. The topological polar surface area (TPSA) is 134 Å². The number of hydrogen-bond acceptors (Lipinski definition) is 6. The Hall–Kier alpha value is -3.86. The molecule has 10 nitrogen and oxygen atoms in total. The van der Waals surface area contributed by atoms with Crippen LogP contribution in [0.5, 0.6) is 11.5 Å². The maximum Gasteiger partial charge on any atom is 0.329 e. The number of nitrogens with one attached hydrogen (secondary N) is 2. The third kappa shape index (κ3) is 5.89. The van der Waals surface area contributed by atoms with Crippen molar-refractivity contribution in [2.45, 2.75) is 6.92 Å². The van der Waals surface area contributed by atoms with Crippen LogP contribution >= 0.6 is 15.9 Å². The van der Waals surface area contributed by atoms with Crippen molar-refractivity contribution in [1.29, 1.82) is 0 Å². The van der Waals surface area contributed by atoms with E-state index in [4.69, 9.17) is 14.6 Å². The van der Waals surface area contributed by atoms with Crippen molar-refractivity contribution in [1.82, 2.24) is 10.2 Å². The van der Waals surface area contributed by atoms with E-state index >= 15 is 0 Å². The lowest BCUT2D eigenvalue weighted by Gasteiger charge is -2.13. The molecule has 0 aliphatic carbocycles. The summed E-state index contributed by atoms with van der Waals surface area (Å²) in [5.41, 5.74) is 2.09. The highest BCUT2D eigenvalue weighted by atomic mass is 79.9. The van der Waals surface area contributed by atoms with Crippen molar-refractivity contribution in [2.75, 3.05) is 25.6 Å². The van der Waals surface area contributed by atoms with Crippen LogP contribution in [0.15, 0.2) is 46.6 Å². The molecule has 33 heavy (non-hydrogen) atoms. The number of aliphatic carboxylic acids is 1. The summed E-state index contributed by atoms with van der Waals surface area (Å²) >= 11 is 3.36. The van der Waals surface area contributed by atoms with Crippen molar-refractivity contribution in [3.63, 3.8) is 0 Å². The smallest absolute Gasteiger partial charge is 0.329 e. The summed E-state index contributed by atoms with van der Waals surface area (Å²) in [6, 6.07) is 9.60. The van der Waals surface area contributed by atoms with E-state index in [0.29, 0.717) is 20.6 Å². The average molecular weight is 518 g/mol. The molecule has 1 fully saturated rings. The summed E-state index contributed by atoms with van der Waals surface area (Å²) in [6.45, 7) is 0.931. The minimum atomic E-state index is -1.31. The van der Waals surface area contributed by atoms with Gasteiger partial charge in [-0.05, 0) is 42.8 Å². The van der Waals surface area contributed by atoms with Gasteiger partial charge in [0.1, 0.15) is 12.2 Å². The Balaban J connectivity index is 1.73. The summed E-state index contributed by atoms with van der Waals surface area (Å²) in [5, 5.41) is 13.9. The summed E-state index contributed by atoms with van der Waals surface area (Å²) in [7, 11) is 1.41. The number of nitrogens with zero attached hydrogens (tertiary/aromatic N) is 1. The molecule has 3 N–H and O–H groups in total. The number of amides is 4. The lowest BCUT2D eigenvalue weighted by atomic mass is 10.1. The summed E-state index contributed by atoms with van der Waals surface area (Å²) in [6.07, 6.45) is 1.38. The first-order valence-corrected chi connectivity index (χ1v) is 10.4. The number of urea groups is 1. The van der Waals surface area contributed by atoms with Gasteiger partial charge in [-0.15, -0.1) is 0 Å². The van der Waals surface area contributed by atoms with Gasteiger partial charge in [0.2, 0.25) is 0 Å². The van der Waals surface area contributed by atoms with Gasteiger partial charge in [-0.2, -0.15) is 0 Å². The zero-order chi connectivity index (χ0) is 24.1. The number of carbonyl (C=O) groups excluding carboxylic acids is 3. The first-order chi connectivity index (χ1) is 15.7. The molecule has 0 spiro atoms. The van der Waals surface area contributed by atoms with Gasteiger partial charge in [0, 0.05) is 10.2 Å². The molecule has 2 aromatic carbocycles. The van der Waals surface area contributed by atoms with E-state index in [1.165, 1.54) is 13.2 Å². The molecule has 1 saturated heterocycles. The van der Waals surface area contributed by atoms with E-state index in [9.17, 15) is 19.2 Å². The number of imide groups is 1. The molecular weight excluding hydrogens is 498 g/mol.